The quantitative estimate of drug-likeness (QED) is 0.771. The van der Waals surface area contributed by atoms with Gasteiger partial charge in [-0.3, -0.25) is 0 Å². The Bertz CT molecular complexity index is 482. The van der Waals surface area contributed by atoms with Crippen LogP contribution in [0.25, 0.3) is 10.4 Å². The first-order valence-corrected chi connectivity index (χ1v) is 6.13. The van der Waals surface area contributed by atoms with Crippen molar-refractivity contribution in [1.82, 2.24) is 15.0 Å². The lowest BCUT2D eigenvalue weighted by molar-refractivity contribution is 1.20. The molecule has 0 unspecified atom stereocenters. The molecule has 0 aromatic carbocycles. The molecule has 7 heteroatoms. The fourth-order valence-corrected chi connectivity index (χ4v) is 2.50. The average molecular weight is 239 g/mol. The number of thiazole rings is 1. The smallest absolute Gasteiger partial charge is 0.221 e. The number of anilines is 2. The van der Waals surface area contributed by atoms with Crippen LogP contribution >= 0.6 is 23.1 Å². The summed E-state index contributed by atoms with van der Waals surface area (Å²) >= 11 is 3.15. The maximum Gasteiger partial charge on any atom is 0.221 e. The van der Waals surface area contributed by atoms with Gasteiger partial charge in [0.2, 0.25) is 5.95 Å². The van der Waals surface area contributed by atoms with Crippen molar-refractivity contribution in [2.75, 3.05) is 17.7 Å². The van der Waals surface area contributed by atoms with Crippen LogP contribution in [0.3, 0.4) is 0 Å². The van der Waals surface area contributed by atoms with E-state index in [1.165, 1.54) is 0 Å². The van der Waals surface area contributed by atoms with Crippen molar-refractivity contribution in [2.45, 2.75) is 4.34 Å². The molecule has 15 heavy (non-hydrogen) atoms. The number of thioether (sulfide) groups is 1. The Morgan fingerprint density at radius 3 is 2.67 bits per heavy atom. The Morgan fingerprint density at radius 1 is 1.27 bits per heavy atom. The predicted molar refractivity (Wildman–Crippen MR) is 63.7 cm³/mol. The highest BCUT2D eigenvalue weighted by atomic mass is 32.2. The highest BCUT2D eigenvalue weighted by Gasteiger charge is 2.08. The lowest BCUT2D eigenvalue weighted by atomic mass is 10.3. The number of aromatic nitrogens is 3. The molecule has 0 saturated heterocycles. The fraction of sp³-hybridized carbons (Fsp3) is 0.125. The molecular formula is C8H9N5S2. The third-order valence-corrected chi connectivity index (χ3v) is 3.79. The number of hydrogen-bond donors (Lipinski definition) is 2. The van der Waals surface area contributed by atoms with Crippen LogP contribution in [0.2, 0.25) is 0 Å². The zero-order valence-electron chi connectivity index (χ0n) is 7.97. The second-order valence-corrected chi connectivity index (χ2v) is 4.81. The van der Waals surface area contributed by atoms with E-state index in [9.17, 15) is 0 Å². The van der Waals surface area contributed by atoms with Crippen molar-refractivity contribution in [3.8, 4) is 10.4 Å². The minimum atomic E-state index is 0.186. The molecule has 0 saturated carbocycles. The van der Waals surface area contributed by atoms with Crippen LogP contribution in [-0.4, -0.2) is 21.2 Å². The fourth-order valence-electron chi connectivity index (χ4n) is 1.08. The number of rotatable bonds is 2. The van der Waals surface area contributed by atoms with Crippen molar-refractivity contribution >= 4 is 34.9 Å². The largest absolute Gasteiger partial charge is 0.383 e. The van der Waals surface area contributed by atoms with Crippen LogP contribution in [0.5, 0.6) is 0 Å². The molecule has 0 aliphatic carbocycles. The maximum atomic E-state index is 5.75. The summed E-state index contributed by atoms with van der Waals surface area (Å²) in [6.07, 6.45) is 5.36. The first-order valence-electron chi connectivity index (χ1n) is 4.09. The van der Waals surface area contributed by atoms with Crippen molar-refractivity contribution < 1.29 is 0 Å². The van der Waals surface area contributed by atoms with E-state index < -0.39 is 0 Å². The first kappa shape index (κ1) is 10.2. The van der Waals surface area contributed by atoms with Gasteiger partial charge in [-0.15, -0.1) is 11.3 Å². The van der Waals surface area contributed by atoms with E-state index in [4.69, 9.17) is 11.5 Å². The SMILES string of the molecule is CSc1ncc(-c2cnc(N)nc2N)s1. The Labute approximate surface area is 95.0 Å². The molecule has 5 nitrogen and oxygen atoms in total. The highest BCUT2D eigenvalue weighted by molar-refractivity contribution is 8.00. The molecule has 0 amide bonds. The number of nitrogen functional groups attached to an aromatic ring is 2. The van der Waals surface area contributed by atoms with Gasteiger partial charge in [0, 0.05) is 12.4 Å². The van der Waals surface area contributed by atoms with E-state index in [1.807, 2.05) is 6.26 Å². The average Bonchev–Trinajstić information content (AvgIpc) is 2.66. The normalized spacial score (nSPS) is 10.5. The van der Waals surface area contributed by atoms with Crippen LogP contribution < -0.4 is 11.5 Å². The summed E-state index contributed by atoms with van der Waals surface area (Å²) in [4.78, 5) is 13.0. The topological polar surface area (TPSA) is 90.7 Å². The van der Waals surface area contributed by atoms with Gasteiger partial charge in [0.05, 0.1) is 10.4 Å². The molecule has 0 atom stereocenters. The first-order chi connectivity index (χ1) is 7.20. The Morgan fingerprint density at radius 2 is 2.07 bits per heavy atom. The van der Waals surface area contributed by atoms with Crippen LogP contribution in [0.15, 0.2) is 16.7 Å². The summed E-state index contributed by atoms with van der Waals surface area (Å²) in [6.45, 7) is 0. The van der Waals surface area contributed by atoms with Gasteiger partial charge in [-0.2, -0.15) is 4.98 Å². The number of nitrogens with two attached hydrogens (primary N) is 2. The molecule has 0 aliphatic heterocycles. The Hall–Kier alpha value is -1.34. The minimum Gasteiger partial charge on any atom is -0.383 e. The van der Waals surface area contributed by atoms with Crippen LogP contribution in [0.1, 0.15) is 0 Å². The van der Waals surface area contributed by atoms with Crippen molar-refractivity contribution in [1.29, 1.82) is 0 Å². The van der Waals surface area contributed by atoms with Crippen LogP contribution in [-0.2, 0) is 0 Å². The lowest BCUT2D eigenvalue weighted by Gasteiger charge is -2.00. The van der Waals surface area contributed by atoms with Gasteiger partial charge >= 0.3 is 0 Å². The van der Waals surface area contributed by atoms with Crippen LogP contribution in [0.4, 0.5) is 11.8 Å². The lowest BCUT2D eigenvalue weighted by Crippen LogP contribution is -2.00. The van der Waals surface area contributed by atoms with E-state index in [-0.39, 0.29) is 5.95 Å². The standard InChI is InChI=1S/C8H9N5S2/c1-14-8-12-3-5(15-8)4-2-11-7(10)13-6(4)9/h2-3H,1H3,(H4,9,10,11,13). The molecule has 0 fully saturated rings. The molecule has 2 aromatic rings. The summed E-state index contributed by atoms with van der Waals surface area (Å²) in [7, 11) is 0. The van der Waals surface area contributed by atoms with E-state index in [1.54, 1.807) is 35.5 Å². The molecule has 4 N–H and O–H groups in total. The molecule has 0 bridgehead atoms. The van der Waals surface area contributed by atoms with Gasteiger partial charge in [-0.05, 0) is 6.26 Å². The van der Waals surface area contributed by atoms with Gasteiger partial charge in [0.1, 0.15) is 10.2 Å². The van der Waals surface area contributed by atoms with Crippen molar-refractivity contribution in [2.24, 2.45) is 0 Å². The Balaban J connectivity index is 2.44. The van der Waals surface area contributed by atoms with Crippen molar-refractivity contribution in [3.05, 3.63) is 12.4 Å². The van der Waals surface area contributed by atoms with Gasteiger partial charge in [-0.1, -0.05) is 11.8 Å². The summed E-state index contributed by atoms with van der Waals surface area (Å²) in [5, 5.41) is 0. The van der Waals surface area contributed by atoms with Gasteiger partial charge in [-0.25, -0.2) is 9.97 Å². The van der Waals surface area contributed by atoms with Gasteiger partial charge in [0.15, 0.2) is 0 Å². The monoisotopic (exact) mass is 239 g/mol. The Kier molecular flexibility index (Phi) is 2.74. The summed E-state index contributed by atoms with van der Waals surface area (Å²) in [5.74, 6) is 0.574. The number of nitrogens with zero attached hydrogens (tertiary/aromatic N) is 3. The molecular weight excluding hydrogens is 230 g/mol. The zero-order valence-corrected chi connectivity index (χ0v) is 9.60. The third-order valence-electron chi connectivity index (χ3n) is 1.76. The number of hydrogen-bond acceptors (Lipinski definition) is 7. The van der Waals surface area contributed by atoms with E-state index in [0.29, 0.717) is 5.82 Å². The second kappa shape index (κ2) is 4.03. The minimum absolute atomic E-state index is 0.186. The summed E-state index contributed by atoms with van der Waals surface area (Å²) < 4.78 is 0.987. The van der Waals surface area contributed by atoms with Crippen molar-refractivity contribution in [3.63, 3.8) is 0 Å². The molecule has 78 valence electrons. The molecule has 0 radical (unpaired) electrons. The van der Waals surface area contributed by atoms with Crippen LogP contribution in [0, 0.1) is 0 Å². The third kappa shape index (κ3) is 2.02. The molecule has 2 heterocycles. The summed E-state index contributed by atoms with van der Waals surface area (Å²) in [5.41, 5.74) is 11.9. The predicted octanol–water partition coefficient (Wildman–Crippen LogP) is 1.49. The zero-order chi connectivity index (χ0) is 10.8. The van der Waals surface area contributed by atoms with E-state index in [0.717, 1.165) is 14.8 Å². The molecule has 0 aliphatic rings. The van der Waals surface area contributed by atoms with Gasteiger partial charge in [0.25, 0.3) is 0 Å². The highest BCUT2D eigenvalue weighted by Crippen LogP contribution is 2.32. The second-order valence-electron chi connectivity index (χ2n) is 2.72. The summed E-state index contributed by atoms with van der Waals surface area (Å²) in [6, 6.07) is 0. The molecule has 2 rings (SSSR count). The van der Waals surface area contributed by atoms with Gasteiger partial charge < -0.3 is 11.5 Å². The molecule has 2 aromatic heterocycles. The molecule has 0 spiro atoms. The van der Waals surface area contributed by atoms with E-state index in [2.05, 4.69) is 15.0 Å². The van der Waals surface area contributed by atoms with E-state index >= 15 is 0 Å². The maximum absolute atomic E-state index is 5.75.